The van der Waals surface area contributed by atoms with Crippen molar-refractivity contribution in [2.24, 2.45) is 0 Å². The molecule has 2 aromatic rings. The molecule has 1 heterocycles. The Labute approximate surface area is 106 Å². The van der Waals surface area contributed by atoms with Crippen molar-refractivity contribution in [2.75, 3.05) is 0 Å². The fourth-order valence-electron chi connectivity index (χ4n) is 1.79. The topological polar surface area (TPSA) is 66.0 Å². The summed E-state index contributed by atoms with van der Waals surface area (Å²) in [5.74, 6) is -0.793. The Morgan fingerprint density at radius 2 is 2.06 bits per heavy atom. The number of nitrogens with one attached hydrogen (secondary N) is 1. The van der Waals surface area contributed by atoms with Crippen LogP contribution in [0.25, 0.3) is 11.3 Å². The fraction of sp³-hybridized carbons (Fsp3) is 0.286. The summed E-state index contributed by atoms with van der Waals surface area (Å²) in [4.78, 5) is 10.5. The highest BCUT2D eigenvalue weighted by atomic mass is 16.4. The van der Waals surface area contributed by atoms with Crippen molar-refractivity contribution in [3.63, 3.8) is 0 Å². The third kappa shape index (κ3) is 2.97. The van der Waals surface area contributed by atoms with Crippen LogP contribution in [0.4, 0.5) is 0 Å². The maximum absolute atomic E-state index is 10.5. The van der Waals surface area contributed by atoms with E-state index in [2.05, 4.69) is 29.3 Å². The van der Waals surface area contributed by atoms with E-state index in [-0.39, 0.29) is 6.42 Å². The Kier molecular flexibility index (Phi) is 3.77. The summed E-state index contributed by atoms with van der Waals surface area (Å²) in [5.41, 5.74) is 4.05. The van der Waals surface area contributed by atoms with Gasteiger partial charge in [0.25, 0.3) is 0 Å². The minimum absolute atomic E-state index is 0.121. The van der Waals surface area contributed by atoms with E-state index in [0.717, 1.165) is 23.4 Å². The number of aromatic nitrogens is 2. The summed E-state index contributed by atoms with van der Waals surface area (Å²) in [6.45, 7) is 2.12. The Morgan fingerprint density at radius 1 is 1.33 bits per heavy atom. The van der Waals surface area contributed by atoms with Gasteiger partial charge in [-0.3, -0.25) is 9.89 Å². The van der Waals surface area contributed by atoms with Gasteiger partial charge in [-0.1, -0.05) is 31.2 Å². The number of carboxylic acids is 1. The summed E-state index contributed by atoms with van der Waals surface area (Å²) in [5, 5.41) is 15.7. The molecule has 4 heteroatoms. The van der Waals surface area contributed by atoms with Crippen LogP contribution in [0.2, 0.25) is 0 Å². The SMILES string of the molecule is CCc1ccc(-c2cc(CCC(=O)O)[nH]n2)cc1. The average Bonchev–Trinajstić information content (AvgIpc) is 2.85. The van der Waals surface area contributed by atoms with Gasteiger partial charge in [-0.05, 0) is 24.5 Å². The Balaban J connectivity index is 2.10. The van der Waals surface area contributed by atoms with E-state index in [9.17, 15) is 4.79 Å². The third-order valence-electron chi connectivity index (χ3n) is 2.90. The number of aliphatic carboxylic acids is 1. The van der Waals surface area contributed by atoms with Gasteiger partial charge in [0.15, 0.2) is 0 Å². The molecule has 0 aliphatic carbocycles. The van der Waals surface area contributed by atoms with Crippen LogP contribution in [-0.2, 0) is 17.6 Å². The minimum Gasteiger partial charge on any atom is -0.481 e. The van der Waals surface area contributed by atoms with Crippen molar-refractivity contribution in [3.05, 3.63) is 41.6 Å². The fourth-order valence-corrected chi connectivity index (χ4v) is 1.79. The molecule has 0 saturated carbocycles. The summed E-state index contributed by atoms with van der Waals surface area (Å²) < 4.78 is 0. The van der Waals surface area contributed by atoms with E-state index < -0.39 is 5.97 Å². The largest absolute Gasteiger partial charge is 0.481 e. The number of benzene rings is 1. The molecule has 0 radical (unpaired) electrons. The first-order chi connectivity index (χ1) is 8.69. The lowest BCUT2D eigenvalue weighted by Gasteiger charge is -1.98. The predicted octanol–water partition coefficient (Wildman–Crippen LogP) is 2.66. The maximum Gasteiger partial charge on any atom is 0.303 e. The van der Waals surface area contributed by atoms with Crippen LogP contribution < -0.4 is 0 Å². The molecule has 94 valence electrons. The molecule has 1 aromatic carbocycles. The van der Waals surface area contributed by atoms with Gasteiger partial charge in [0.05, 0.1) is 12.1 Å². The zero-order chi connectivity index (χ0) is 13.0. The lowest BCUT2D eigenvalue weighted by atomic mass is 10.1. The molecule has 0 aliphatic rings. The van der Waals surface area contributed by atoms with Crippen molar-refractivity contribution in [1.82, 2.24) is 10.2 Å². The first kappa shape index (κ1) is 12.4. The van der Waals surface area contributed by atoms with Gasteiger partial charge in [-0.2, -0.15) is 5.10 Å². The number of hydrogen-bond acceptors (Lipinski definition) is 2. The lowest BCUT2D eigenvalue weighted by Crippen LogP contribution is -1.97. The highest BCUT2D eigenvalue weighted by molar-refractivity contribution is 5.67. The average molecular weight is 244 g/mol. The van der Waals surface area contributed by atoms with Crippen molar-refractivity contribution in [3.8, 4) is 11.3 Å². The molecule has 1 aromatic heterocycles. The summed E-state index contributed by atoms with van der Waals surface area (Å²) in [6, 6.07) is 10.2. The number of aromatic amines is 1. The zero-order valence-electron chi connectivity index (χ0n) is 10.3. The van der Waals surface area contributed by atoms with Gasteiger partial charge in [0.1, 0.15) is 0 Å². The minimum atomic E-state index is -0.793. The molecule has 0 bridgehead atoms. The molecule has 0 spiro atoms. The summed E-state index contributed by atoms with van der Waals surface area (Å²) in [6.07, 6.45) is 1.62. The Hall–Kier alpha value is -2.10. The number of H-pyrrole nitrogens is 1. The number of rotatable bonds is 5. The van der Waals surface area contributed by atoms with Gasteiger partial charge in [0.2, 0.25) is 0 Å². The lowest BCUT2D eigenvalue weighted by molar-refractivity contribution is -0.136. The molecular weight excluding hydrogens is 228 g/mol. The molecule has 0 saturated heterocycles. The quantitative estimate of drug-likeness (QED) is 0.849. The second-order valence-electron chi connectivity index (χ2n) is 4.22. The molecule has 0 aliphatic heterocycles. The highest BCUT2D eigenvalue weighted by Gasteiger charge is 2.05. The van der Waals surface area contributed by atoms with Gasteiger partial charge < -0.3 is 5.11 Å². The first-order valence-corrected chi connectivity index (χ1v) is 6.04. The number of carboxylic acid groups (broad SMARTS) is 1. The van der Waals surface area contributed by atoms with Crippen molar-refractivity contribution >= 4 is 5.97 Å². The van der Waals surface area contributed by atoms with E-state index in [1.165, 1.54) is 5.56 Å². The second kappa shape index (κ2) is 5.49. The standard InChI is InChI=1S/C14H16N2O2/c1-2-10-3-5-11(6-4-10)13-9-12(15-16-13)7-8-14(17)18/h3-6,9H,2,7-8H2,1H3,(H,15,16)(H,17,18). The molecule has 0 amide bonds. The molecular formula is C14H16N2O2. The van der Waals surface area contributed by atoms with Crippen LogP contribution in [0.15, 0.2) is 30.3 Å². The van der Waals surface area contributed by atoms with Crippen molar-refractivity contribution < 1.29 is 9.90 Å². The van der Waals surface area contributed by atoms with Gasteiger partial charge >= 0.3 is 5.97 Å². The summed E-state index contributed by atoms with van der Waals surface area (Å²) in [7, 11) is 0. The van der Waals surface area contributed by atoms with Gasteiger partial charge in [-0.25, -0.2) is 0 Å². The normalized spacial score (nSPS) is 10.5. The maximum atomic E-state index is 10.5. The van der Waals surface area contributed by atoms with Crippen molar-refractivity contribution in [1.29, 1.82) is 0 Å². The van der Waals surface area contributed by atoms with E-state index in [4.69, 9.17) is 5.11 Å². The molecule has 0 unspecified atom stereocenters. The van der Waals surface area contributed by atoms with Crippen molar-refractivity contribution in [2.45, 2.75) is 26.2 Å². The van der Waals surface area contributed by atoms with Crippen LogP contribution in [0.3, 0.4) is 0 Å². The number of carbonyl (C=O) groups is 1. The molecule has 18 heavy (non-hydrogen) atoms. The molecule has 4 nitrogen and oxygen atoms in total. The van der Waals surface area contributed by atoms with Gasteiger partial charge in [-0.15, -0.1) is 0 Å². The molecule has 2 N–H and O–H groups in total. The predicted molar refractivity (Wildman–Crippen MR) is 69.4 cm³/mol. The smallest absolute Gasteiger partial charge is 0.303 e. The highest BCUT2D eigenvalue weighted by Crippen LogP contribution is 2.19. The third-order valence-corrected chi connectivity index (χ3v) is 2.90. The summed E-state index contributed by atoms with van der Waals surface area (Å²) >= 11 is 0. The van der Waals surface area contributed by atoms with Crippen LogP contribution in [0, 0.1) is 0 Å². The van der Waals surface area contributed by atoms with Gasteiger partial charge in [0, 0.05) is 11.3 Å². The van der Waals surface area contributed by atoms with E-state index in [0.29, 0.717) is 6.42 Å². The second-order valence-corrected chi connectivity index (χ2v) is 4.22. The number of nitrogens with zero attached hydrogens (tertiary/aromatic N) is 1. The Bertz CT molecular complexity index is 529. The van der Waals surface area contributed by atoms with Crippen LogP contribution >= 0.6 is 0 Å². The first-order valence-electron chi connectivity index (χ1n) is 6.04. The zero-order valence-corrected chi connectivity index (χ0v) is 10.3. The van der Waals surface area contributed by atoms with Crippen LogP contribution in [-0.4, -0.2) is 21.3 Å². The van der Waals surface area contributed by atoms with Crippen LogP contribution in [0.5, 0.6) is 0 Å². The van der Waals surface area contributed by atoms with E-state index in [1.54, 1.807) is 0 Å². The Morgan fingerprint density at radius 3 is 2.67 bits per heavy atom. The van der Waals surface area contributed by atoms with E-state index >= 15 is 0 Å². The van der Waals surface area contributed by atoms with Crippen LogP contribution in [0.1, 0.15) is 24.6 Å². The number of aryl methyl sites for hydroxylation is 2. The molecule has 0 atom stereocenters. The molecule has 2 rings (SSSR count). The molecule has 0 fully saturated rings. The van der Waals surface area contributed by atoms with E-state index in [1.807, 2.05) is 18.2 Å². The number of hydrogen-bond donors (Lipinski definition) is 2. The monoisotopic (exact) mass is 244 g/mol.